The molecule has 1 unspecified atom stereocenters. The van der Waals surface area contributed by atoms with Gasteiger partial charge >= 0.3 is 0 Å². The van der Waals surface area contributed by atoms with Crippen molar-refractivity contribution in [2.24, 2.45) is 32.4 Å². The summed E-state index contributed by atoms with van der Waals surface area (Å²) in [4.78, 5) is 4.03. The summed E-state index contributed by atoms with van der Waals surface area (Å²) in [6.45, 7) is 1.94. The number of hydrogen-bond acceptors (Lipinski definition) is 4. The maximum Gasteiger partial charge on any atom is 0.260 e. The molecule has 22 heavy (non-hydrogen) atoms. The molecule has 0 aliphatic rings. The van der Waals surface area contributed by atoms with Gasteiger partial charge in [-0.05, 0) is 31.2 Å². The van der Waals surface area contributed by atoms with Gasteiger partial charge in [-0.15, -0.1) is 10.2 Å². The molecule has 0 amide bonds. The van der Waals surface area contributed by atoms with E-state index >= 15 is 0 Å². The molecule has 1 atom stereocenters. The minimum atomic E-state index is -0.452. The zero-order valence-corrected chi connectivity index (χ0v) is 12.9. The van der Waals surface area contributed by atoms with Crippen molar-refractivity contribution < 1.29 is 10.1 Å². The molecular weight excluding hydrogens is 306 g/mol. The Morgan fingerprint density at radius 2 is 1.91 bits per heavy atom. The number of benzene rings is 1. The number of guanidine groups is 1. The van der Waals surface area contributed by atoms with Crippen LogP contribution in [-0.2, 0) is 0 Å². The first-order chi connectivity index (χ1) is 10.4. The molecule has 0 aliphatic heterocycles. The van der Waals surface area contributed by atoms with Gasteiger partial charge in [0.05, 0.1) is 0 Å². The number of ether oxygens (including phenoxy) is 1. The third-order valence-corrected chi connectivity index (χ3v) is 2.57. The van der Waals surface area contributed by atoms with Crippen LogP contribution in [0.4, 0.5) is 0 Å². The molecule has 0 fully saturated rings. The smallest absolute Gasteiger partial charge is 0.260 e. The molecule has 1 aromatic carbocycles. The maximum atomic E-state index is 5.82. The van der Waals surface area contributed by atoms with E-state index in [0.29, 0.717) is 16.5 Å². The van der Waals surface area contributed by atoms with Crippen LogP contribution < -0.4 is 27.3 Å². The predicted octanol–water partition coefficient (Wildman–Crippen LogP) is -1.08. The summed E-state index contributed by atoms with van der Waals surface area (Å²) in [5, 5.41) is 13.5. The highest BCUT2D eigenvalue weighted by molar-refractivity contribution is 6.32. The summed E-state index contributed by atoms with van der Waals surface area (Å²) in [5.41, 5.74) is 16.3. The Labute approximate surface area is 133 Å². The standard InChI is InChI=1S/C13H18ClN7O/c1-8(22-10-4-2-9(14)3-5-10)11(20-21-13(17)18)6-19-7-12(15)16/h2-6,8H,7H2,1H3,(H3,15,16)(H4,17,18,21)/p+1/b19-6?,20-11+. The molecule has 118 valence electrons. The van der Waals surface area contributed by atoms with Crippen molar-refractivity contribution in [2.45, 2.75) is 13.0 Å². The van der Waals surface area contributed by atoms with Crippen molar-refractivity contribution in [1.29, 1.82) is 0 Å². The minimum absolute atomic E-state index is 0.161. The van der Waals surface area contributed by atoms with Gasteiger partial charge in [0.1, 0.15) is 24.1 Å². The number of nitrogens with two attached hydrogens (primary N) is 4. The molecule has 0 heterocycles. The molecule has 0 aromatic heterocycles. The highest BCUT2D eigenvalue weighted by Crippen LogP contribution is 2.17. The minimum Gasteiger partial charge on any atom is -0.484 e. The van der Waals surface area contributed by atoms with Crippen LogP contribution in [0, 0.1) is 0 Å². The molecule has 8 N–H and O–H groups in total. The number of amidine groups is 1. The van der Waals surface area contributed by atoms with Crippen LogP contribution in [0.3, 0.4) is 0 Å². The van der Waals surface area contributed by atoms with Crippen LogP contribution >= 0.6 is 11.6 Å². The highest BCUT2D eigenvalue weighted by atomic mass is 35.5. The third-order valence-electron chi connectivity index (χ3n) is 2.32. The lowest BCUT2D eigenvalue weighted by molar-refractivity contribution is -0.116. The third kappa shape index (κ3) is 6.71. The van der Waals surface area contributed by atoms with Gasteiger partial charge in [-0.2, -0.15) is 0 Å². The van der Waals surface area contributed by atoms with Gasteiger partial charge in [0, 0.05) is 11.2 Å². The van der Waals surface area contributed by atoms with Crippen molar-refractivity contribution in [3.63, 3.8) is 0 Å². The summed E-state index contributed by atoms with van der Waals surface area (Å²) in [6.07, 6.45) is 0.999. The van der Waals surface area contributed by atoms with E-state index in [1.807, 2.05) is 0 Å². The zero-order chi connectivity index (χ0) is 16.5. The normalized spacial score (nSPS) is 12.9. The Kier molecular flexibility index (Phi) is 6.84. The van der Waals surface area contributed by atoms with Gasteiger partial charge in [0.15, 0.2) is 0 Å². The summed E-state index contributed by atoms with van der Waals surface area (Å²) >= 11 is 5.82. The fourth-order valence-corrected chi connectivity index (χ4v) is 1.48. The number of halogens is 1. The summed E-state index contributed by atoms with van der Waals surface area (Å²) in [6, 6.07) is 6.91. The summed E-state index contributed by atoms with van der Waals surface area (Å²) < 4.78 is 5.72. The molecule has 8 nitrogen and oxygen atoms in total. The van der Waals surface area contributed by atoms with E-state index < -0.39 is 6.10 Å². The van der Waals surface area contributed by atoms with Crippen molar-refractivity contribution in [3.05, 3.63) is 29.3 Å². The Bertz CT molecular complexity index is 591. The average molecular weight is 325 g/mol. The summed E-state index contributed by atoms with van der Waals surface area (Å²) in [7, 11) is 0. The van der Waals surface area contributed by atoms with E-state index in [4.69, 9.17) is 38.9 Å². The number of nitrogens with zero attached hydrogens (tertiary/aromatic N) is 3. The second-order valence-corrected chi connectivity index (χ2v) is 4.74. The first-order valence-electron chi connectivity index (χ1n) is 6.33. The van der Waals surface area contributed by atoms with Crippen LogP contribution in [0.2, 0.25) is 5.02 Å². The maximum absolute atomic E-state index is 5.82. The second-order valence-electron chi connectivity index (χ2n) is 4.31. The van der Waals surface area contributed by atoms with Crippen molar-refractivity contribution in [2.75, 3.05) is 6.54 Å². The van der Waals surface area contributed by atoms with Gasteiger partial charge in [-0.25, -0.2) is 0 Å². The van der Waals surface area contributed by atoms with Gasteiger partial charge < -0.3 is 16.2 Å². The lowest BCUT2D eigenvalue weighted by atomic mass is 10.2. The molecule has 0 bridgehead atoms. The fourth-order valence-electron chi connectivity index (χ4n) is 1.35. The monoisotopic (exact) mass is 324 g/mol. The van der Waals surface area contributed by atoms with E-state index in [1.165, 1.54) is 6.21 Å². The topological polar surface area (TPSA) is 150 Å². The molecule has 0 saturated heterocycles. The van der Waals surface area contributed by atoms with Crippen LogP contribution in [-0.4, -0.2) is 36.4 Å². The lowest BCUT2D eigenvalue weighted by Crippen LogP contribution is -2.47. The van der Waals surface area contributed by atoms with Gasteiger partial charge in [0.2, 0.25) is 5.96 Å². The molecule has 0 saturated carbocycles. The average Bonchev–Trinajstić information content (AvgIpc) is 2.44. The Balaban J connectivity index is 2.86. The van der Waals surface area contributed by atoms with Crippen molar-refractivity contribution in [1.82, 2.24) is 0 Å². The molecule has 1 aromatic rings. The predicted molar refractivity (Wildman–Crippen MR) is 89.3 cm³/mol. The van der Waals surface area contributed by atoms with E-state index in [9.17, 15) is 0 Å². The first-order valence-corrected chi connectivity index (χ1v) is 6.71. The van der Waals surface area contributed by atoms with Crippen LogP contribution in [0.25, 0.3) is 0 Å². The first kappa shape index (κ1) is 17.4. The molecule has 1 rings (SSSR count). The molecular formula is C13H19ClN7O+. The van der Waals surface area contributed by atoms with Crippen LogP contribution in [0.1, 0.15) is 6.92 Å². The second kappa shape index (κ2) is 8.63. The van der Waals surface area contributed by atoms with Crippen molar-refractivity contribution in [3.8, 4) is 5.75 Å². The molecule has 0 aliphatic carbocycles. The van der Waals surface area contributed by atoms with E-state index in [-0.39, 0.29) is 18.3 Å². The van der Waals surface area contributed by atoms with Gasteiger partial charge in [0.25, 0.3) is 5.84 Å². The fraction of sp³-hybridized carbons (Fsp3) is 0.231. The molecule has 0 spiro atoms. The SMILES string of the molecule is CC(Oc1ccc(Cl)cc1)/C(C=NCC(N)=[NH2+])=N/N=C(N)N. The van der Waals surface area contributed by atoms with Gasteiger partial charge in [-0.1, -0.05) is 11.6 Å². The van der Waals surface area contributed by atoms with Gasteiger partial charge in [-0.3, -0.25) is 16.1 Å². The largest absolute Gasteiger partial charge is 0.484 e. The Morgan fingerprint density at radius 1 is 1.27 bits per heavy atom. The van der Waals surface area contributed by atoms with Crippen LogP contribution in [0.5, 0.6) is 5.75 Å². The van der Waals surface area contributed by atoms with Crippen LogP contribution in [0.15, 0.2) is 39.5 Å². The van der Waals surface area contributed by atoms with E-state index in [1.54, 1.807) is 31.2 Å². The summed E-state index contributed by atoms with van der Waals surface area (Å²) in [5.74, 6) is 0.630. The zero-order valence-electron chi connectivity index (χ0n) is 12.1. The van der Waals surface area contributed by atoms with E-state index in [2.05, 4.69) is 15.2 Å². The Morgan fingerprint density at radius 3 is 2.45 bits per heavy atom. The molecule has 0 radical (unpaired) electrons. The highest BCUT2D eigenvalue weighted by Gasteiger charge is 2.11. The van der Waals surface area contributed by atoms with Crippen molar-refractivity contribution >= 4 is 35.3 Å². The Hall–Kier alpha value is -2.61. The lowest BCUT2D eigenvalue weighted by Gasteiger charge is -2.13. The quantitative estimate of drug-likeness (QED) is 0.286. The number of rotatable bonds is 7. The number of hydrogen-bond donors (Lipinski definition) is 4. The van der Waals surface area contributed by atoms with E-state index in [0.717, 1.165) is 0 Å². The number of aliphatic imine (C=N–C) groups is 1. The molecule has 9 heteroatoms.